The lowest BCUT2D eigenvalue weighted by Gasteiger charge is -2.06. The van der Waals surface area contributed by atoms with E-state index in [-0.39, 0.29) is 39.4 Å². The van der Waals surface area contributed by atoms with E-state index >= 15 is 0 Å². The average Bonchev–Trinajstić information content (AvgIpc) is 3.11. The molecule has 3 aromatic heterocycles. The number of fused-ring (bicyclic) bond motifs is 1. The molecule has 0 amide bonds. The molecule has 142 valence electrons. The Balaban J connectivity index is 2.48. The first kappa shape index (κ1) is 19.0. The monoisotopic (exact) mass is 378 g/mol. The smallest absolute Gasteiger partial charge is 0.351 e. The average molecular weight is 378 g/mol. The van der Waals surface area contributed by atoms with E-state index in [0.29, 0.717) is 10.6 Å². The molecule has 3 heterocycles. The van der Waals surface area contributed by atoms with Crippen molar-refractivity contribution < 1.29 is 18.4 Å². The highest BCUT2D eigenvalue weighted by Gasteiger charge is 2.22. The molecule has 3 rings (SSSR count). The van der Waals surface area contributed by atoms with Crippen molar-refractivity contribution in [3.05, 3.63) is 74.2 Å². The van der Waals surface area contributed by atoms with E-state index in [1.165, 1.54) is 18.2 Å². The predicted octanol–water partition coefficient (Wildman–Crippen LogP) is 3.15. The van der Waals surface area contributed by atoms with Crippen LogP contribution in [-0.2, 0) is 0 Å². The van der Waals surface area contributed by atoms with Crippen molar-refractivity contribution in [3.63, 3.8) is 0 Å². The van der Waals surface area contributed by atoms with E-state index in [4.69, 9.17) is 13.3 Å². The molecule has 0 spiro atoms. The van der Waals surface area contributed by atoms with Gasteiger partial charge < -0.3 is 18.4 Å². The van der Waals surface area contributed by atoms with Gasteiger partial charge in [-0.15, -0.1) is 0 Å². The predicted molar refractivity (Wildman–Crippen MR) is 109 cm³/mol. The Bertz CT molecular complexity index is 1360. The first-order valence-corrected chi connectivity index (χ1v) is 8.48. The molecular formula is C22H18O6. The Labute approximate surface area is 159 Å². The molecule has 28 heavy (non-hydrogen) atoms. The molecule has 0 saturated carbocycles. The van der Waals surface area contributed by atoms with Crippen molar-refractivity contribution in [3.8, 4) is 17.1 Å². The van der Waals surface area contributed by atoms with E-state index in [0.717, 1.165) is 0 Å². The summed E-state index contributed by atoms with van der Waals surface area (Å²) in [4.78, 5) is 24.8. The summed E-state index contributed by atoms with van der Waals surface area (Å²) in [6, 6.07) is 1.35. The zero-order valence-corrected chi connectivity index (χ0v) is 15.4. The van der Waals surface area contributed by atoms with Crippen molar-refractivity contribution in [1.29, 1.82) is 0 Å². The third kappa shape index (κ3) is 2.95. The molecule has 0 fully saturated rings. The lowest BCUT2D eigenvalue weighted by atomic mass is 10.1. The normalized spacial score (nSPS) is 12.9. The fraction of sp³-hybridized carbons (Fsp3) is 0.0909. The van der Waals surface area contributed by atoms with Crippen LogP contribution in [0.1, 0.15) is 25.2 Å². The van der Waals surface area contributed by atoms with Crippen LogP contribution in [0.25, 0.3) is 46.6 Å². The fourth-order valence-corrected chi connectivity index (χ4v) is 2.93. The van der Waals surface area contributed by atoms with Gasteiger partial charge in [0.25, 0.3) is 0 Å². The maximum atomic E-state index is 12.5. The highest BCUT2D eigenvalue weighted by Crippen LogP contribution is 2.34. The van der Waals surface area contributed by atoms with Gasteiger partial charge in [0.15, 0.2) is 5.58 Å². The Morgan fingerprint density at radius 1 is 1.07 bits per heavy atom. The first-order valence-electron chi connectivity index (χ1n) is 8.48. The summed E-state index contributed by atoms with van der Waals surface area (Å²) in [6.07, 6.45) is 9.36. The van der Waals surface area contributed by atoms with Gasteiger partial charge in [-0.3, -0.25) is 0 Å². The maximum absolute atomic E-state index is 12.5. The van der Waals surface area contributed by atoms with Crippen molar-refractivity contribution in [1.82, 2.24) is 0 Å². The molecule has 0 bridgehead atoms. The molecule has 0 saturated heterocycles. The minimum absolute atomic E-state index is 0.0121. The molecule has 0 aromatic carbocycles. The van der Waals surface area contributed by atoms with Crippen LogP contribution in [0.4, 0.5) is 0 Å². The maximum Gasteiger partial charge on any atom is 0.351 e. The van der Waals surface area contributed by atoms with E-state index in [1.807, 2.05) is 0 Å². The topological polar surface area (TPSA) is 93.8 Å². The van der Waals surface area contributed by atoms with Crippen LogP contribution in [-0.4, -0.2) is 5.11 Å². The van der Waals surface area contributed by atoms with E-state index in [2.05, 4.69) is 13.2 Å². The Morgan fingerprint density at radius 3 is 2.43 bits per heavy atom. The Hall–Kier alpha value is -3.80. The van der Waals surface area contributed by atoms with Crippen LogP contribution in [0.15, 0.2) is 54.2 Å². The molecule has 0 radical (unpaired) electrons. The highest BCUT2D eigenvalue weighted by atomic mass is 16.4. The quantitative estimate of drug-likeness (QED) is 0.750. The lowest BCUT2D eigenvalue weighted by Crippen LogP contribution is -2.29. The number of hydrogen-bond acceptors (Lipinski definition) is 6. The second-order valence-corrected chi connectivity index (χ2v) is 5.81. The van der Waals surface area contributed by atoms with Gasteiger partial charge in [0.05, 0.1) is 10.8 Å². The molecule has 0 unspecified atom stereocenters. The minimum Gasteiger partial charge on any atom is -0.506 e. The Kier molecular flexibility index (Phi) is 5.04. The van der Waals surface area contributed by atoms with Crippen molar-refractivity contribution >= 4 is 35.3 Å². The number of aromatic hydroxyl groups is 1. The molecule has 6 nitrogen and oxygen atoms in total. The molecule has 6 heteroatoms. The van der Waals surface area contributed by atoms with Crippen molar-refractivity contribution in [2.45, 2.75) is 13.8 Å². The Morgan fingerprint density at radius 2 is 1.82 bits per heavy atom. The van der Waals surface area contributed by atoms with Gasteiger partial charge in [0.1, 0.15) is 33.6 Å². The summed E-state index contributed by atoms with van der Waals surface area (Å²) >= 11 is 0. The van der Waals surface area contributed by atoms with Gasteiger partial charge in [-0.1, -0.05) is 31.4 Å². The largest absolute Gasteiger partial charge is 0.506 e. The molecule has 0 atom stereocenters. The summed E-state index contributed by atoms with van der Waals surface area (Å²) in [7, 11) is 0. The van der Waals surface area contributed by atoms with Gasteiger partial charge in [0.2, 0.25) is 0 Å². The van der Waals surface area contributed by atoms with Crippen LogP contribution in [0.5, 0.6) is 5.75 Å². The van der Waals surface area contributed by atoms with Gasteiger partial charge >= 0.3 is 11.3 Å². The van der Waals surface area contributed by atoms with Gasteiger partial charge in [-0.25, -0.2) is 9.59 Å². The van der Waals surface area contributed by atoms with Crippen LogP contribution in [0.3, 0.4) is 0 Å². The third-order valence-corrected chi connectivity index (χ3v) is 4.14. The first-order chi connectivity index (χ1) is 13.5. The number of hydrogen-bond donors (Lipinski definition) is 1. The zero-order chi connectivity index (χ0) is 20.4. The van der Waals surface area contributed by atoms with Crippen LogP contribution < -0.4 is 21.9 Å². The van der Waals surface area contributed by atoms with Gasteiger partial charge in [-0.05, 0) is 32.1 Å². The third-order valence-electron chi connectivity index (χ3n) is 4.14. The summed E-state index contributed by atoms with van der Waals surface area (Å²) in [5, 5.41) is 11.3. The van der Waals surface area contributed by atoms with Crippen molar-refractivity contribution in [2.24, 2.45) is 0 Å². The van der Waals surface area contributed by atoms with E-state index in [1.54, 1.807) is 38.2 Å². The second-order valence-electron chi connectivity index (χ2n) is 5.81. The van der Waals surface area contributed by atoms with Gasteiger partial charge in [0, 0.05) is 6.07 Å². The minimum atomic E-state index is -0.819. The van der Waals surface area contributed by atoms with Crippen molar-refractivity contribution in [2.75, 3.05) is 0 Å². The van der Waals surface area contributed by atoms with Crippen LogP contribution >= 0.6 is 0 Å². The van der Waals surface area contributed by atoms with E-state index in [9.17, 15) is 14.7 Å². The summed E-state index contributed by atoms with van der Waals surface area (Å²) in [6.45, 7) is 10.7. The number of allylic oxidation sites excluding steroid dienone is 2. The molecule has 1 N–H and O–H groups in total. The van der Waals surface area contributed by atoms with E-state index < -0.39 is 11.3 Å². The fourth-order valence-electron chi connectivity index (χ4n) is 2.93. The second kappa shape index (κ2) is 7.44. The zero-order valence-electron chi connectivity index (χ0n) is 15.4. The SMILES string of the molecule is C=C/C=c1\c(=C/C)oc(=O)c2cc(-c3c(O)c(/C=C\C)c(C=C)oc3=O)oc12. The molecule has 0 aliphatic carbocycles. The lowest BCUT2D eigenvalue weighted by molar-refractivity contribution is 0.441. The molecule has 3 aromatic rings. The molecule has 0 aliphatic heterocycles. The number of rotatable bonds is 4. The summed E-state index contributed by atoms with van der Waals surface area (Å²) in [5.41, 5.74) is -0.828. The molecular weight excluding hydrogens is 360 g/mol. The number of furan rings is 1. The highest BCUT2D eigenvalue weighted by molar-refractivity contribution is 5.85. The van der Waals surface area contributed by atoms with Crippen LogP contribution in [0, 0.1) is 0 Å². The van der Waals surface area contributed by atoms with Crippen LogP contribution in [0.2, 0.25) is 0 Å². The standard InChI is InChI=1S/C22H18O6/c1-5-9-12-15(7-3)28-22(25)18(19(12)23)17-11-14-20(26-17)13(10-6-2)16(8-4)27-21(14)24/h5-11,23H,2-3H2,1,4H3/b9-5-,13-10+,16-8+. The van der Waals surface area contributed by atoms with Gasteiger partial charge in [-0.2, -0.15) is 0 Å². The summed E-state index contributed by atoms with van der Waals surface area (Å²) < 4.78 is 16.3. The summed E-state index contributed by atoms with van der Waals surface area (Å²) in [5.74, 6) is -0.213. The molecule has 0 aliphatic rings.